The normalized spacial score (nSPS) is 12.3. The number of nitrogens with one attached hydrogen (secondary N) is 1. The van der Waals surface area contributed by atoms with E-state index in [9.17, 15) is 4.79 Å². The van der Waals surface area contributed by atoms with Crippen LogP contribution >= 0.6 is 0 Å². The number of imidazole rings is 1. The predicted molar refractivity (Wildman–Crippen MR) is 65.7 cm³/mol. The summed E-state index contributed by atoms with van der Waals surface area (Å²) in [5, 5.41) is 8.71. The van der Waals surface area contributed by atoms with Crippen LogP contribution < -0.4 is 5.73 Å². The zero-order chi connectivity index (χ0) is 13.1. The number of carboxylic acid groups (broad SMARTS) is 1. The van der Waals surface area contributed by atoms with E-state index < -0.39 is 12.0 Å². The molecule has 2 rings (SSSR count). The summed E-state index contributed by atoms with van der Waals surface area (Å²) in [7, 11) is 0. The van der Waals surface area contributed by atoms with Gasteiger partial charge in [0.1, 0.15) is 5.82 Å². The number of aryl methyl sites for hydroxylation is 1. The Balaban J connectivity index is 2.30. The average molecular weight is 246 g/mol. The Labute approximate surface area is 104 Å². The fourth-order valence-corrected chi connectivity index (χ4v) is 1.73. The summed E-state index contributed by atoms with van der Waals surface area (Å²) in [5.41, 5.74) is 8.24. The number of carbonyl (C=O) groups is 1. The van der Waals surface area contributed by atoms with Crippen LogP contribution in [0.1, 0.15) is 24.0 Å². The van der Waals surface area contributed by atoms with E-state index in [1.807, 2.05) is 19.1 Å². The van der Waals surface area contributed by atoms with Crippen molar-refractivity contribution in [1.82, 2.24) is 15.0 Å². The summed E-state index contributed by atoms with van der Waals surface area (Å²) >= 11 is 0. The SMILES string of the molecule is Cc1[nH]c(C(N)CC(=O)O)nc1-c1cccnc1. The van der Waals surface area contributed by atoms with E-state index in [2.05, 4.69) is 15.0 Å². The second-order valence-electron chi connectivity index (χ2n) is 4.04. The molecule has 2 heterocycles. The number of carboxylic acids is 1. The maximum absolute atomic E-state index is 10.6. The van der Waals surface area contributed by atoms with Gasteiger partial charge in [-0.15, -0.1) is 0 Å². The van der Waals surface area contributed by atoms with E-state index >= 15 is 0 Å². The maximum Gasteiger partial charge on any atom is 0.305 e. The number of hydrogen-bond donors (Lipinski definition) is 3. The lowest BCUT2D eigenvalue weighted by Crippen LogP contribution is -2.16. The van der Waals surface area contributed by atoms with Crippen molar-refractivity contribution in [3.05, 3.63) is 36.0 Å². The fraction of sp³-hybridized carbons (Fsp3) is 0.250. The molecule has 0 amide bonds. The minimum atomic E-state index is -0.945. The van der Waals surface area contributed by atoms with Gasteiger partial charge in [0.05, 0.1) is 18.2 Å². The Hall–Kier alpha value is -2.21. The molecular formula is C12H14N4O2. The van der Waals surface area contributed by atoms with Gasteiger partial charge < -0.3 is 15.8 Å². The highest BCUT2D eigenvalue weighted by atomic mass is 16.4. The van der Waals surface area contributed by atoms with Crippen LogP contribution in [0.2, 0.25) is 0 Å². The standard InChI is InChI=1S/C12H14N4O2/c1-7-11(8-3-2-4-14-6-8)16-12(15-7)9(13)5-10(17)18/h2-4,6,9H,5,13H2,1H3,(H,15,16)(H,17,18). The van der Waals surface area contributed by atoms with Gasteiger partial charge in [-0.3, -0.25) is 9.78 Å². The Bertz CT molecular complexity index is 550. The van der Waals surface area contributed by atoms with Crippen molar-refractivity contribution in [2.45, 2.75) is 19.4 Å². The highest BCUT2D eigenvalue weighted by Gasteiger charge is 2.16. The predicted octanol–water partition coefficient (Wildman–Crippen LogP) is 1.25. The van der Waals surface area contributed by atoms with Crippen molar-refractivity contribution >= 4 is 5.97 Å². The van der Waals surface area contributed by atoms with E-state index in [0.29, 0.717) is 5.82 Å². The highest BCUT2D eigenvalue weighted by Crippen LogP contribution is 2.22. The number of nitrogens with two attached hydrogens (primary N) is 1. The first-order chi connectivity index (χ1) is 8.58. The van der Waals surface area contributed by atoms with Crippen LogP contribution in [0, 0.1) is 6.92 Å². The van der Waals surface area contributed by atoms with Crippen LogP contribution in [0.3, 0.4) is 0 Å². The van der Waals surface area contributed by atoms with Gasteiger partial charge in [0, 0.05) is 23.7 Å². The third-order valence-electron chi connectivity index (χ3n) is 2.58. The molecule has 0 aliphatic rings. The summed E-state index contributed by atoms with van der Waals surface area (Å²) < 4.78 is 0. The molecule has 6 heteroatoms. The number of rotatable bonds is 4. The number of nitrogens with zero attached hydrogens (tertiary/aromatic N) is 2. The minimum absolute atomic E-state index is 0.153. The van der Waals surface area contributed by atoms with Gasteiger partial charge in [0.2, 0.25) is 0 Å². The third kappa shape index (κ3) is 2.54. The van der Waals surface area contributed by atoms with E-state index in [4.69, 9.17) is 10.8 Å². The molecule has 0 spiro atoms. The molecule has 2 aromatic heterocycles. The molecule has 0 bridgehead atoms. The van der Waals surface area contributed by atoms with Crippen LogP contribution in [0.15, 0.2) is 24.5 Å². The smallest absolute Gasteiger partial charge is 0.305 e. The van der Waals surface area contributed by atoms with Gasteiger partial charge in [-0.05, 0) is 19.1 Å². The number of H-pyrrole nitrogens is 1. The van der Waals surface area contributed by atoms with Gasteiger partial charge >= 0.3 is 5.97 Å². The summed E-state index contributed by atoms with van der Waals surface area (Å²) in [6.07, 6.45) is 3.23. The minimum Gasteiger partial charge on any atom is -0.481 e. The van der Waals surface area contributed by atoms with Gasteiger partial charge in [-0.1, -0.05) is 0 Å². The fourth-order valence-electron chi connectivity index (χ4n) is 1.73. The molecule has 4 N–H and O–H groups in total. The molecule has 0 saturated heterocycles. The highest BCUT2D eigenvalue weighted by molar-refractivity contribution is 5.68. The number of hydrogen-bond acceptors (Lipinski definition) is 4. The zero-order valence-corrected chi connectivity index (χ0v) is 9.92. The van der Waals surface area contributed by atoms with Crippen LogP contribution in [0.5, 0.6) is 0 Å². The van der Waals surface area contributed by atoms with Crippen LogP contribution in [0.25, 0.3) is 11.3 Å². The van der Waals surface area contributed by atoms with Crippen molar-refractivity contribution < 1.29 is 9.90 Å². The summed E-state index contributed by atoms with van der Waals surface area (Å²) in [6.45, 7) is 1.87. The van der Waals surface area contributed by atoms with Gasteiger partial charge in [0.25, 0.3) is 0 Å². The quantitative estimate of drug-likeness (QED) is 0.753. The lowest BCUT2D eigenvalue weighted by Gasteiger charge is -2.03. The molecule has 6 nitrogen and oxygen atoms in total. The molecule has 0 aromatic carbocycles. The average Bonchev–Trinajstić information content (AvgIpc) is 2.72. The molecule has 0 aliphatic carbocycles. The molecule has 94 valence electrons. The van der Waals surface area contributed by atoms with E-state index in [1.54, 1.807) is 12.4 Å². The molecule has 2 aromatic rings. The Morgan fingerprint density at radius 1 is 1.61 bits per heavy atom. The van der Waals surface area contributed by atoms with Gasteiger partial charge in [-0.2, -0.15) is 0 Å². The Morgan fingerprint density at radius 2 is 2.39 bits per heavy atom. The molecule has 0 fully saturated rings. The van der Waals surface area contributed by atoms with E-state index in [0.717, 1.165) is 17.0 Å². The molecule has 0 radical (unpaired) electrons. The molecule has 0 aliphatic heterocycles. The second kappa shape index (κ2) is 4.97. The molecule has 0 saturated carbocycles. The van der Waals surface area contributed by atoms with Crippen LogP contribution in [0.4, 0.5) is 0 Å². The third-order valence-corrected chi connectivity index (χ3v) is 2.58. The van der Waals surface area contributed by atoms with Gasteiger partial charge in [0.15, 0.2) is 0 Å². The number of pyridine rings is 1. The lowest BCUT2D eigenvalue weighted by molar-refractivity contribution is -0.137. The number of aromatic nitrogens is 3. The maximum atomic E-state index is 10.6. The van der Waals surface area contributed by atoms with Gasteiger partial charge in [-0.25, -0.2) is 4.98 Å². The first-order valence-electron chi connectivity index (χ1n) is 5.52. The van der Waals surface area contributed by atoms with Crippen molar-refractivity contribution in [3.8, 4) is 11.3 Å². The van der Waals surface area contributed by atoms with Crippen LogP contribution in [-0.2, 0) is 4.79 Å². The Kier molecular flexibility index (Phi) is 3.38. The molecule has 1 atom stereocenters. The topological polar surface area (TPSA) is 105 Å². The largest absolute Gasteiger partial charge is 0.481 e. The van der Waals surface area contributed by atoms with E-state index in [1.165, 1.54) is 0 Å². The molecular weight excluding hydrogens is 232 g/mol. The van der Waals surface area contributed by atoms with E-state index in [-0.39, 0.29) is 6.42 Å². The summed E-state index contributed by atoms with van der Waals surface area (Å²) in [6, 6.07) is 3.08. The van der Waals surface area contributed by atoms with Crippen molar-refractivity contribution in [3.63, 3.8) is 0 Å². The Morgan fingerprint density at radius 3 is 3.00 bits per heavy atom. The first-order valence-corrected chi connectivity index (χ1v) is 5.52. The van der Waals surface area contributed by atoms with Crippen LogP contribution in [-0.4, -0.2) is 26.0 Å². The summed E-state index contributed by atoms with van der Waals surface area (Å²) in [4.78, 5) is 22.0. The number of aromatic amines is 1. The zero-order valence-electron chi connectivity index (χ0n) is 9.92. The van der Waals surface area contributed by atoms with Crippen molar-refractivity contribution in [2.75, 3.05) is 0 Å². The molecule has 18 heavy (non-hydrogen) atoms. The lowest BCUT2D eigenvalue weighted by atomic mass is 10.2. The number of aliphatic carboxylic acids is 1. The van der Waals surface area contributed by atoms with Crippen molar-refractivity contribution in [1.29, 1.82) is 0 Å². The molecule has 1 unspecified atom stereocenters. The first kappa shape index (κ1) is 12.3. The van der Waals surface area contributed by atoms with Crippen molar-refractivity contribution in [2.24, 2.45) is 5.73 Å². The second-order valence-corrected chi connectivity index (χ2v) is 4.04. The monoisotopic (exact) mass is 246 g/mol. The summed E-state index contributed by atoms with van der Waals surface area (Å²) in [5.74, 6) is -0.465.